The zero-order valence-corrected chi connectivity index (χ0v) is 31.4. The van der Waals surface area contributed by atoms with E-state index < -0.39 is 0 Å². The van der Waals surface area contributed by atoms with Crippen LogP contribution in [0.2, 0.25) is 0 Å². The van der Waals surface area contributed by atoms with Crippen LogP contribution in [0.1, 0.15) is 51.9 Å². The maximum atomic E-state index is 4.54. The van der Waals surface area contributed by atoms with Crippen LogP contribution in [-0.4, -0.2) is 0 Å². The minimum absolute atomic E-state index is 0.0310. The van der Waals surface area contributed by atoms with Gasteiger partial charge in [0.25, 0.3) is 0 Å². The Balaban J connectivity index is 1.01. The SMILES string of the molecule is C=C(/C=C(\NC(C)c1cccc(-c2ccc3c(c2)C2(c4ccccc4-c4ccccc42)c2ccccc2-3)c1)c1ccccc1)c1cccc(-c2ccccc2)c1. The number of rotatable bonds is 8. The normalized spacial score (nSPS) is 13.7. The van der Waals surface area contributed by atoms with E-state index >= 15 is 0 Å². The summed E-state index contributed by atoms with van der Waals surface area (Å²) in [5, 5.41) is 3.89. The summed E-state index contributed by atoms with van der Waals surface area (Å²) in [6, 6.07) is 72.9. The van der Waals surface area contributed by atoms with E-state index in [9.17, 15) is 0 Å². The lowest BCUT2D eigenvalue weighted by Gasteiger charge is -2.30. The van der Waals surface area contributed by atoms with Crippen molar-refractivity contribution >= 4 is 11.3 Å². The van der Waals surface area contributed by atoms with Crippen LogP contribution in [0, 0.1) is 0 Å². The van der Waals surface area contributed by atoms with Gasteiger partial charge < -0.3 is 5.32 Å². The Morgan fingerprint density at radius 2 is 0.929 bits per heavy atom. The predicted octanol–water partition coefficient (Wildman–Crippen LogP) is 13.8. The Hall–Kier alpha value is -6.96. The van der Waals surface area contributed by atoms with Crippen molar-refractivity contribution < 1.29 is 0 Å². The zero-order chi connectivity index (χ0) is 37.6. The van der Waals surface area contributed by atoms with Gasteiger partial charge >= 0.3 is 0 Å². The third-order valence-corrected chi connectivity index (χ3v) is 11.8. The van der Waals surface area contributed by atoms with E-state index in [0.717, 1.165) is 22.4 Å². The molecule has 0 saturated carbocycles. The van der Waals surface area contributed by atoms with Gasteiger partial charge in [0.1, 0.15) is 0 Å². The fraction of sp³-hybridized carbons (Fsp3) is 0.0545. The molecule has 2 aliphatic carbocycles. The first-order valence-electron chi connectivity index (χ1n) is 19.5. The lowest BCUT2D eigenvalue weighted by Crippen LogP contribution is -2.25. The molecule has 1 heteroatoms. The summed E-state index contributed by atoms with van der Waals surface area (Å²) in [6.07, 6.45) is 2.19. The molecule has 56 heavy (non-hydrogen) atoms. The van der Waals surface area contributed by atoms with E-state index in [2.05, 4.69) is 225 Å². The van der Waals surface area contributed by atoms with E-state index in [4.69, 9.17) is 0 Å². The van der Waals surface area contributed by atoms with Crippen molar-refractivity contribution in [3.05, 3.63) is 252 Å². The Labute approximate surface area is 330 Å². The first-order chi connectivity index (χ1) is 27.6. The molecule has 2 aliphatic rings. The highest BCUT2D eigenvalue weighted by atomic mass is 14.9. The van der Waals surface area contributed by atoms with Gasteiger partial charge in [-0.25, -0.2) is 0 Å². The molecule has 0 amide bonds. The molecular formula is C55H41N. The predicted molar refractivity (Wildman–Crippen MR) is 235 cm³/mol. The van der Waals surface area contributed by atoms with E-state index in [1.54, 1.807) is 0 Å². The molecule has 1 N–H and O–H groups in total. The molecular weight excluding hydrogens is 675 g/mol. The summed E-state index contributed by atoms with van der Waals surface area (Å²) in [6.45, 7) is 6.79. The van der Waals surface area contributed by atoms with Crippen molar-refractivity contribution in [1.82, 2.24) is 5.32 Å². The molecule has 0 saturated heterocycles. The average molecular weight is 716 g/mol. The molecule has 1 nitrogen and oxygen atoms in total. The maximum absolute atomic E-state index is 4.54. The van der Waals surface area contributed by atoms with Gasteiger partial charge in [0, 0.05) is 11.7 Å². The molecule has 8 aromatic rings. The van der Waals surface area contributed by atoms with Gasteiger partial charge in [-0.2, -0.15) is 0 Å². The molecule has 0 aromatic heterocycles. The minimum atomic E-state index is -0.361. The van der Waals surface area contributed by atoms with Crippen molar-refractivity contribution in [2.45, 2.75) is 18.4 Å². The van der Waals surface area contributed by atoms with Crippen LogP contribution in [0.3, 0.4) is 0 Å². The maximum Gasteiger partial charge on any atom is 0.0725 e. The van der Waals surface area contributed by atoms with Crippen molar-refractivity contribution in [1.29, 1.82) is 0 Å². The topological polar surface area (TPSA) is 12.0 Å². The summed E-state index contributed by atoms with van der Waals surface area (Å²) >= 11 is 0. The van der Waals surface area contributed by atoms with E-state index in [-0.39, 0.29) is 11.5 Å². The second-order valence-electron chi connectivity index (χ2n) is 15.0. The summed E-state index contributed by atoms with van der Waals surface area (Å²) < 4.78 is 0. The van der Waals surface area contributed by atoms with Crippen LogP contribution in [0.25, 0.3) is 55.8 Å². The third-order valence-electron chi connectivity index (χ3n) is 11.8. The van der Waals surface area contributed by atoms with Gasteiger partial charge in [0.2, 0.25) is 0 Å². The number of hydrogen-bond donors (Lipinski definition) is 1. The Morgan fingerprint density at radius 1 is 0.446 bits per heavy atom. The molecule has 0 aliphatic heterocycles. The molecule has 1 spiro atoms. The third kappa shape index (κ3) is 5.47. The van der Waals surface area contributed by atoms with Crippen molar-refractivity contribution in [3.8, 4) is 44.5 Å². The molecule has 0 fully saturated rings. The molecule has 1 unspecified atom stereocenters. The van der Waals surface area contributed by atoms with Crippen LogP contribution in [0.15, 0.2) is 213 Å². The highest BCUT2D eigenvalue weighted by Gasteiger charge is 2.51. The quantitative estimate of drug-likeness (QED) is 0.154. The first-order valence-corrected chi connectivity index (χ1v) is 19.5. The molecule has 10 rings (SSSR count). The Kier molecular flexibility index (Phi) is 8.23. The fourth-order valence-electron chi connectivity index (χ4n) is 9.19. The molecule has 8 aromatic carbocycles. The zero-order valence-electron chi connectivity index (χ0n) is 31.4. The molecule has 266 valence electrons. The van der Waals surface area contributed by atoms with Crippen molar-refractivity contribution in [2.24, 2.45) is 0 Å². The lowest BCUT2D eigenvalue weighted by atomic mass is 9.70. The van der Waals surface area contributed by atoms with E-state index in [1.165, 1.54) is 72.3 Å². The second kappa shape index (κ2) is 13.7. The summed E-state index contributed by atoms with van der Waals surface area (Å²) in [7, 11) is 0. The Morgan fingerprint density at radius 3 is 1.57 bits per heavy atom. The monoisotopic (exact) mass is 715 g/mol. The van der Waals surface area contributed by atoms with Crippen LogP contribution < -0.4 is 5.32 Å². The van der Waals surface area contributed by atoms with Gasteiger partial charge in [-0.1, -0.05) is 189 Å². The second-order valence-corrected chi connectivity index (χ2v) is 15.0. The molecule has 1 atom stereocenters. The Bertz CT molecular complexity index is 2740. The lowest BCUT2D eigenvalue weighted by molar-refractivity contribution is 0.701. The molecule has 0 bridgehead atoms. The molecule has 0 heterocycles. The summed E-state index contributed by atoms with van der Waals surface area (Å²) in [4.78, 5) is 0. The van der Waals surface area contributed by atoms with Crippen LogP contribution in [0.4, 0.5) is 0 Å². The fourth-order valence-corrected chi connectivity index (χ4v) is 9.19. The van der Waals surface area contributed by atoms with Gasteiger partial charge in [-0.05, 0) is 120 Å². The number of nitrogens with one attached hydrogen (secondary N) is 1. The van der Waals surface area contributed by atoms with Gasteiger partial charge in [0.15, 0.2) is 0 Å². The highest BCUT2D eigenvalue weighted by molar-refractivity contribution is 5.96. The number of hydrogen-bond acceptors (Lipinski definition) is 1. The number of fused-ring (bicyclic) bond motifs is 10. The number of benzene rings is 8. The van der Waals surface area contributed by atoms with E-state index in [1.807, 2.05) is 0 Å². The van der Waals surface area contributed by atoms with E-state index in [0.29, 0.717) is 0 Å². The number of allylic oxidation sites excluding steroid dienone is 2. The minimum Gasteiger partial charge on any atom is -0.378 e. The standard InChI is InChI=1S/C55H41N/c1-37(41-21-15-23-43(34-41)39-17-5-3-6-18-39)33-54(40-19-7-4-8-20-40)56-38(2)42-22-16-24-44(35-42)45-31-32-49-48-27-11-14-30-52(48)55(53(49)36-45)50-28-12-9-25-46(50)47-26-10-13-29-51(47)55/h3-36,38,56H,1H2,2H3/b54-33-. The van der Waals surface area contributed by atoms with Gasteiger partial charge in [0.05, 0.1) is 5.41 Å². The summed E-state index contributed by atoms with van der Waals surface area (Å²) in [5.74, 6) is 0. The van der Waals surface area contributed by atoms with Crippen LogP contribution in [-0.2, 0) is 5.41 Å². The smallest absolute Gasteiger partial charge is 0.0725 e. The highest BCUT2D eigenvalue weighted by Crippen LogP contribution is 2.63. The average Bonchev–Trinajstić information content (AvgIpc) is 3.74. The first kappa shape index (κ1) is 33.6. The summed E-state index contributed by atoms with van der Waals surface area (Å²) in [5.41, 5.74) is 20.6. The van der Waals surface area contributed by atoms with Gasteiger partial charge in [-0.3, -0.25) is 0 Å². The van der Waals surface area contributed by atoms with Crippen LogP contribution >= 0.6 is 0 Å². The van der Waals surface area contributed by atoms with Gasteiger partial charge in [-0.15, -0.1) is 0 Å². The van der Waals surface area contributed by atoms with Crippen LogP contribution in [0.5, 0.6) is 0 Å². The molecule has 0 radical (unpaired) electrons. The van der Waals surface area contributed by atoms with Crippen molar-refractivity contribution in [2.75, 3.05) is 0 Å². The van der Waals surface area contributed by atoms with Crippen molar-refractivity contribution in [3.63, 3.8) is 0 Å². The largest absolute Gasteiger partial charge is 0.378 e.